The maximum absolute atomic E-state index is 13.2. The van der Waals surface area contributed by atoms with E-state index in [1.807, 2.05) is 38.1 Å². The molecule has 42 heavy (non-hydrogen) atoms. The zero-order chi connectivity index (χ0) is 31.0. The third-order valence-electron chi connectivity index (χ3n) is 7.30. The highest BCUT2D eigenvalue weighted by atomic mass is 19.4. The SMILES string of the molecule is CC(=O)N/C(C)=C/C=C(\C)c1ccc(C(CCC(F)(F)F)Nc2ccc(C(=O)N3CCC[C@@H](C(=O)O)C3)cc2)c(C)c1. The van der Waals surface area contributed by atoms with Crippen LogP contribution in [0.3, 0.4) is 0 Å². The first-order valence-electron chi connectivity index (χ1n) is 13.9. The Morgan fingerprint density at radius 3 is 2.31 bits per heavy atom. The first-order valence-corrected chi connectivity index (χ1v) is 13.9. The van der Waals surface area contributed by atoms with E-state index in [1.165, 1.54) is 11.8 Å². The van der Waals surface area contributed by atoms with Gasteiger partial charge in [0, 0.05) is 43.4 Å². The third-order valence-corrected chi connectivity index (χ3v) is 7.30. The Balaban J connectivity index is 1.79. The Hall–Kier alpha value is -4.08. The second-order valence-corrected chi connectivity index (χ2v) is 10.8. The fourth-order valence-electron chi connectivity index (χ4n) is 5.05. The number of anilines is 1. The molecule has 7 nitrogen and oxygen atoms in total. The second kappa shape index (κ2) is 14.2. The topological polar surface area (TPSA) is 98.7 Å². The molecule has 0 spiro atoms. The summed E-state index contributed by atoms with van der Waals surface area (Å²) in [4.78, 5) is 37.1. The van der Waals surface area contributed by atoms with Crippen LogP contribution in [0.15, 0.2) is 60.3 Å². The quantitative estimate of drug-likeness (QED) is 0.264. The zero-order valence-corrected chi connectivity index (χ0v) is 24.3. The average Bonchev–Trinajstić information content (AvgIpc) is 2.93. The van der Waals surface area contributed by atoms with Crippen molar-refractivity contribution >= 4 is 29.0 Å². The molecule has 1 saturated heterocycles. The minimum Gasteiger partial charge on any atom is -0.481 e. The van der Waals surface area contributed by atoms with Gasteiger partial charge in [-0.2, -0.15) is 13.2 Å². The van der Waals surface area contributed by atoms with E-state index in [2.05, 4.69) is 10.6 Å². The van der Waals surface area contributed by atoms with Crippen molar-refractivity contribution in [3.05, 3.63) is 82.6 Å². The Bertz CT molecular complexity index is 1350. The number of carbonyl (C=O) groups is 3. The number of aliphatic carboxylic acids is 1. The van der Waals surface area contributed by atoms with Gasteiger partial charge in [-0.25, -0.2) is 0 Å². The summed E-state index contributed by atoms with van der Waals surface area (Å²) in [5.74, 6) is -1.93. The van der Waals surface area contributed by atoms with Crippen molar-refractivity contribution in [1.82, 2.24) is 10.2 Å². The predicted octanol–water partition coefficient (Wildman–Crippen LogP) is 6.87. The Morgan fingerprint density at radius 1 is 1.05 bits per heavy atom. The first kappa shape index (κ1) is 32.4. The minimum atomic E-state index is -4.32. The minimum absolute atomic E-state index is 0.156. The monoisotopic (exact) mass is 585 g/mol. The van der Waals surface area contributed by atoms with Crippen LogP contribution < -0.4 is 10.6 Å². The van der Waals surface area contributed by atoms with E-state index in [9.17, 15) is 32.7 Å². The Morgan fingerprint density at radius 2 is 1.71 bits per heavy atom. The van der Waals surface area contributed by atoms with Crippen molar-refractivity contribution in [1.29, 1.82) is 0 Å². The number of benzene rings is 2. The van der Waals surface area contributed by atoms with E-state index >= 15 is 0 Å². The molecular formula is C32H38F3N3O4. The standard InChI is InChI=1S/C32H38F3N3O4/c1-20(7-8-22(3)36-23(4)39)25-11-14-28(21(2)18-25)29(15-16-32(33,34)35)37-27-12-9-24(10-13-27)30(40)38-17-5-6-26(19-38)31(41)42/h7-14,18,26,29,37H,5-6,15-17,19H2,1-4H3,(H,36,39)(H,41,42)/b20-7+,22-8+/t26-,29?/m1/s1. The van der Waals surface area contributed by atoms with E-state index in [-0.39, 0.29) is 24.8 Å². The summed E-state index contributed by atoms with van der Waals surface area (Å²) in [5, 5.41) is 15.2. The summed E-state index contributed by atoms with van der Waals surface area (Å²) in [5.41, 5.74) is 5.05. The number of hydrogen-bond acceptors (Lipinski definition) is 4. The molecule has 2 aromatic rings. The molecule has 0 bridgehead atoms. The van der Waals surface area contributed by atoms with Gasteiger partial charge in [0.25, 0.3) is 5.91 Å². The van der Waals surface area contributed by atoms with Crippen molar-refractivity contribution in [2.75, 3.05) is 18.4 Å². The van der Waals surface area contributed by atoms with Gasteiger partial charge in [-0.1, -0.05) is 24.3 Å². The number of amides is 2. The molecule has 1 heterocycles. The maximum Gasteiger partial charge on any atom is 0.389 e. The summed E-state index contributed by atoms with van der Waals surface area (Å²) >= 11 is 0. The fraction of sp³-hybridized carbons (Fsp3) is 0.406. The van der Waals surface area contributed by atoms with E-state index in [0.717, 1.165) is 22.3 Å². The molecule has 2 atom stereocenters. The van der Waals surface area contributed by atoms with Crippen molar-refractivity contribution in [3.8, 4) is 0 Å². The molecule has 0 aromatic heterocycles. The molecule has 0 saturated carbocycles. The van der Waals surface area contributed by atoms with Gasteiger partial charge in [-0.3, -0.25) is 14.4 Å². The largest absolute Gasteiger partial charge is 0.481 e. The number of piperidine rings is 1. The van der Waals surface area contributed by atoms with Crippen LogP contribution in [0.4, 0.5) is 18.9 Å². The zero-order valence-electron chi connectivity index (χ0n) is 24.3. The molecule has 1 unspecified atom stereocenters. The average molecular weight is 586 g/mol. The number of hydrogen-bond donors (Lipinski definition) is 3. The summed E-state index contributed by atoms with van der Waals surface area (Å²) in [7, 11) is 0. The number of halogens is 3. The number of aryl methyl sites for hydroxylation is 1. The van der Waals surface area contributed by atoms with Crippen molar-refractivity contribution < 1.29 is 32.7 Å². The maximum atomic E-state index is 13.2. The lowest BCUT2D eigenvalue weighted by Crippen LogP contribution is -2.42. The van der Waals surface area contributed by atoms with E-state index in [1.54, 1.807) is 37.3 Å². The van der Waals surface area contributed by atoms with Gasteiger partial charge in [0.1, 0.15) is 0 Å². The van der Waals surface area contributed by atoms with E-state index in [4.69, 9.17) is 0 Å². The number of nitrogens with zero attached hydrogens (tertiary/aromatic N) is 1. The molecule has 0 aliphatic carbocycles. The number of rotatable bonds is 10. The van der Waals surface area contributed by atoms with Crippen molar-refractivity contribution in [2.24, 2.45) is 5.92 Å². The van der Waals surface area contributed by atoms with Crippen LogP contribution in [0.2, 0.25) is 0 Å². The smallest absolute Gasteiger partial charge is 0.389 e. The van der Waals surface area contributed by atoms with Gasteiger partial charge < -0.3 is 20.6 Å². The number of allylic oxidation sites excluding steroid dienone is 4. The van der Waals surface area contributed by atoms with Gasteiger partial charge in [-0.15, -0.1) is 0 Å². The number of carboxylic acid groups (broad SMARTS) is 1. The van der Waals surface area contributed by atoms with Gasteiger partial charge in [0.05, 0.1) is 12.0 Å². The lowest BCUT2D eigenvalue weighted by Gasteiger charge is -2.30. The molecule has 3 rings (SSSR count). The molecule has 2 amide bonds. The number of alkyl halides is 3. The van der Waals surface area contributed by atoms with Gasteiger partial charge in [0.2, 0.25) is 5.91 Å². The Labute approximate surface area is 244 Å². The lowest BCUT2D eigenvalue weighted by atomic mass is 9.93. The number of carbonyl (C=O) groups excluding carboxylic acids is 2. The van der Waals surface area contributed by atoms with E-state index < -0.39 is 30.5 Å². The molecule has 2 aromatic carbocycles. The first-order chi connectivity index (χ1) is 19.7. The molecule has 3 N–H and O–H groups in total. The van der Waals surface area contributed by atoms with Crippen molar-refractivity contribution in [3.63, 3.8) is 0 Å². The highest BCUT2D eigenvalue weighted by molar-refractivity contribution is 5.95. The van der Waals surface area contributed by atoms with Crippen LogP contribution in [0, 0.1) is 12.8 Å². The van der Waals surface area contributed by atoms with Crippen LogP contribution in [-0.2, 0) is 9.59 Å². The van der Waals surface area contributed by atoms with Gasteiger partial charge >= 0.3 is 12.1 Å². The number of nitrogens with one attached hydrogen (secondary N) is 2. The van der Waals surface area contributed by atoms with Crippen LogP contribution in [0.5, 0.6) is 0 Å². The van der Waals surface area contributed by atoms with Crippen molar-refractivity contribution in [2.45, 2.75) is 65.6 Å². The molecule has 10 heteroatoms. The fourth-order valence-corrected chi connectivity index (χ4v) is 5.05. The Kier molecular flexibility index (Phi) is 11.0. The summed E-state index contributed by atoms with van der Waals surface area (Å²) in [6, 6.07) is 11.5. The summed E-state index contributed by atoms with van der Waals surface area (Å²) in [6.07, 6.45) is -0.650. The summed E-state index contributed by atoms with van der Waals surface area (Å²) in [6.45, 7) is 7.62. The number of likely N-dealkylation sites (tertiary alicyclic amines) is 1. The van der Waals surface area contributed by atoms with Crippen LogP contribution in [0.1, 0.15) is 79.5 Å². The van der Waals surface area contributed by atoms with Gasteiger partial charge in [-0.05, 0) is 92.6 Å². The molecule has 1 aliphatic rings. The predicted molar refractivity (Wildman–Crippen MR) is 157 cm³/mol. The molecule has 1 fully saturated rings. The van der Waals surface area contributed by atoms with Crippen LogP contribution in [0.25, 0.3) is 5.57 Å². The highest BCUT2D eigenvalue weighted by Crippen LogP contribution is 2.33. The van der Waals surface area contributed by atoms with Gasteiger partial charge in [0.15, 0.2) is 0 Å². The lowest BCUT2D eigenvalue weighted by molar-refractivity contribution is -0.143. The van der Waals surface area contributed by atoms with Crippen LogP contribution >= 0.6 is 0 Å². The molecular weight excluding hydrogens is 547 g/mol. The second-order valence-electron chi connectivity index (χ2n) is 10.8. The molecule has 0 radical (unpaired) electrons. The van der Waals surface area contributed by atoms with E-state index in [0.29, 0.717) is 36.3 Å². The highest BCUT2D eigenvalue weighted by Gasteiger charge is 2.30. The van der Waals surface area contributed by atoms with Crippen LogP contribution in [-0.4, -0.2) is 47.1 Å². The third kappa shape index (κ3) is 9.49. The molecule has 1 aliphatic heterocycles. The molecule has 226 valence electrons. The number of carboxylic acids is 1. The normalized spacial score (nSPS) is 17.0. The summed E-state index contributed by atoms with van der Waals surface area (Å²) < 4.78 is 39.7.